The molecule has 0 bridgehead atoms. The molecule has 2 N–H and O–H groups in total. The Balaban J connectivity index is 2.95. The van der Waals surface area contributed by atoms with E-state index in [4.69, 9.17) is 15.2 Å². The van der Waals surface area contributed by atoms with Crippen LogP contribution in [0.4, 0.5) is 0 Å². The third kappa shape index (κ3) is 2.97. The molecule has 0 amide bonds. The Kier molecular flexibility index (Phi) is 4.65. The third-order valence-electron chi connectivity index (χ3n) is 2.49. The van der Waals surface area contributed by atoms with Crippen molar-refractivity contribution >= 4 is 14.7 Å². The van der Waals surface area contributed by atoms with Gasteiger partial charge in [-0.05, 0) is 23.3 Å². The molecule has 0 spiro atoms. The van der Waals surface area contributed by atoms with E-state index in [-0.39, 0.29) is 0 Å². The number of para-hydroxylation sites is 1. The van der Waals surface area contributed by atoms with Gasteiger partial charge in [-0.1, -0.05) is 19.1 Å². The Hall–Kier alpha value is -1.00. The molecule has 0 aromatic heterocycles. The van der Waals surface area contributed by atoms with Gasteiger partial charge in [0.05, 0.1) is 23.7 Å². The molecule has 15 heavy (non-hydrogen) atoms. The first kappa shape index (κ1) is 12.1. The van der Waals surface area contributed by atoms with Gasteiger partial charge in [0.15, 0.2) is 11.5 Å². The molecule has 1 atom stereocenters. The average Bonchev–Trinajstić information content (AvgIpc) is 2.28. The van der Waals surface area contributed by atoms with E-state index in [1.54, 1.807) is 14.2 Å². The topological polar surface area (TPSA) is 44.5 Å². The molecular weight excluding hydrogens is 206 g/mol. The number of rotatable bonds is 5. The third-order valence-corrected chi connectivity index (χ3v) is 4.59. The molecule has 1 unspecified atom stereocenters. The van der Waals surface area contributed by atoms with Gasteiger partial charge in [0, 0.05) is 0 Å². The molecule has 0 aliphatic carbocycles. The summed E-state index contributed by atoms with van der Waals surface area (Å²) in [4.78, 5) is 0. The molecule has 1 aromatic carbocycles. The van der Waals surface area contributed by atoms with Gasteiger partial charge in [-0.15, -0.1) is 0 Å². The summed E-state index contributed by atoms with van der Waals surface area (Å²) in [5.74, 6) is 1.65. The minimum atomic E-state index is -0.485. The average molecular weight is 225 g/mol. The van der Waals surface area contributed by atoms with Crippen molar-refractivity contribution in [2.24, 2.45) is 5.73 Å². The van der Waals surface area contributed by atoms with Crippen molar-refractivity contribution in [3.8, 4) is 11.5 Å². The first-order valence-corrected chi connectivity index (χ1v) is 6.70. The Morgan fingerprint density at radius 3 is 2.60 bits per heavy atom. The summed E-state index contributed by atoms with van der Waals surface area (Å²) in [7, 11) is 2.84. The molecule has 1 rings (SSSR count). The first-order valence-electron chi connectivity index (χ1n) is 5.18. The van der Waals surface area contributed by atoms with Gasteiger partial charge in [0.25, 0.3) is 0 Å². The lowest BCUT2D eigenvalue weighted by Gasteiger charge is -2.14. The van der Waals surface area contributed by atoms with Crippen LogP contribution in [-0.2, 0) is 0 Å². The fourth-order valence-electron chi connectivity index (χ4n) is 1.54. The van der Waals surface area contributed by atoms with E-state index < -0.39 is 9.52 Å². The maximum atomic E-state index is 5.99. The van der Waals surface area contributed by atoms with Crippen molar-refractivity contribution < 1.29 is 9.47 Å². The molecule has 4 heteroatoms. The molecule has 0 heterocycles. The Bertz CT molecular complexity index is 317. The zero-order valence-corrected chi connectivity index (χ0v) is 11.0. The van der Waals surface area contributed by atoms with E-state index in [0.29, 0.717) is 5.67 Å². The quantitative estimate of drug-likeness (QED) is 0.728. The van der Waals surface area contributed by atoms with Crippen LogP contribution < -0.4 is 20.4 Å². The highest BCUT2D eigenvalue weighted by Gasteiger charge is 2.11. The highest BCUT2D eigenvalue weighted by atomic mass is 28.2. The largest absolute Gasteiger partial charge is 0.493 e. The van der Waals surface area contributed by atoms with Gasteiger partial charge in [-0.3, -0.25) is 0 Å². The molecular formula is C11H19NO2Si. The van der Waals surface area contributed by atoms with E-state index in [0.717, 1.165) is 17.9 Å². The number of nitrogens with two attached hydrogens (primary N) is 1. The lowest BCUT2D eigenvalue weighted by molar-refractivity contribution is 0.357. The summed E-state index contributed by atoms with van der Waals surface area (Å²) in [6.07, 6.45) is 1.02. The zero-order chi connectivity index (χ0) is 11.3. The molecule has 0 aliphatic heterocycles. The number of ether oxygens (including phenoxy) is 2. The lowest BCUT2D eigenvalue weighted by atomic mass is 10.3. The van der Waals surface area contributed by atoms with Gasteiger partial charge in [0.1, 0.15) is 0 Å². The number of benzene rings is 1. The van der Waals surface area contributed by atoms with E-state index in [2.05, 4.69) is 13.0 Å². The highest BCUT2D eigenvalue weighted by Crippen LogP contribution is 2.23. The van der Waals surface area contributed by atoms with Crippen LogP contribution in [0.25, 0.3) is 0 Å². The summed E-state index contributed by atoms with van der Waals surface area (Å²) in [6, 6.07) is 5.99. The molecule has 3 nitrogen and oxygen atoms in total. The van der Waals surface area contributed by atoms with Crippen molar-refractivity contribution in [3.05, 3.63) is 18.2 Å². The maximum Gasteiger partial charge on any atom is 0.160 e. The predicted octanol–water partition coefficient (Wildman–Crippen LogP) is 0.193. The van der Waals surface area contributed by atoms with E-state index >= 15 is 0 Å². The van der Waals surface area contributed by atoms with Crippen LogP contribution in [0.15, 0.2) is 18.2 Å². The smallest absolute Gasteiger partial charge is 0.160 e. The number of hydrogen-bond acceptors (Lipinski definition) is 3. The van der Waals surface area contributed by atoms with Crippen molar-refractivity contribution in [3.63, 3.8) is 0 Å². The van der Waals surface area contributed by atoms with Crippen molar-refractivity contribution in [2.45, 2.75) is 19.0 Å². The fraction of sp³-hybridized carbons (Fsp3) is 0.455. The molecule has 0 fully saturated rings. The second kappa shape index (κ2) is 5.78. The van der Waals surface area contributed by atoms with E-state index in [1.807, 2.05) is 12.1 Å². The van der Waals surface area contributed by atoms with Crippen molar-refractivity contribution in [1.82, 2.24) is 0 Å². The van der Waals surface area contributed by atoms with Crippen LogP contribution in [0.1, 0.15) is 13.3 Å². The highest BCUT2D eigenvalue weighted by molar-refractivity contribution is 6.56. The molecule has 0 saturated carbocycles. The lowest BCUT2D eigenvalue weighted by Crippen LogP contribution is -2.35. The number of hydrogen-bond donors (Lipinski definition) is 1. The van der Waals surface area contributed by atoms with Gasteiger partial charge in [-0.2, -0.15) is 0 Å². The second-order valence-electron chi connectivity index (χ2n) is 3.53. The van der Waals surface area contributed by atoms with Crippen molar-refractivity contribution in [1.29, 1.82) is 0 Å². The molecule has 0 radical (unpaired) electrons. The van der Waals surface area contributed by atoms with Gasteiger partial charge >= 0.3 is 0 Å². The van der Waals surface area contributed by atoms with Crippen LogP contribution >= 0.6 is 0 Å². The summed E-state index contributed by atoms with van der Waals surface area (Å²) in [5.41, 5.74) is 6.30. The van der Waals surface area contributed by atoms with E-state index in [1.165, 1.54) is 5.19 Å². The van der Waals surface area contributed by atoms with Gasteiger partial charge < -0.3 is 15.2 Å². The minimum Gasteiger partial charge on any atom is -0.493 e. The standard InChI is InChI=1S/C11H19NO2Si/c1-4-10(12)15-9-7-5-6-8(13-2)11(9)14-3/h5-7,10H,4,12,15H2,1-3H3. The normalized spacial score (nSPS) is 13.1. The summed E-state index contributed by atoms with van der Waals surface area (Å²) in [6.45, 7) is 2.12. The Morgan fingerprint density at radius 2 is 2.07 bits per heavy atom. The Morgan fingerprint density at radius 1 is 1.33 bits per heavy atom. The van der Waals surface area contributed by atoms with Crippen LogP contribution in [0.5, 0.6) is 11.5 Å². The van der Waals surface area contributed by atoms with Gasteiger partial charge in [0.2, 0.25) is 0 Å². The van der Waals surface area contributed by atoms with Gasteiger partial charge in [-0.25, -0.2) is 0 Å². The molecule has 84 valence electrons. The van der Waals surface area contributed by atoms with E-state index in [9.17, 15) is 0 Å². The van der Waals surface area contributed by atoms with Crippen molar-refractivity contribution in [2.75, 3.05) is 14.2 Å². The maximum absolute atomic E-state index is 5.99. The molecule has 0 saturated heterocycles. The minimum absolute atomic E-state index is 0.311. The number of methoxy groups -OCH3 is 2. The summed E-state index contributed by atoms with van der Waals surface area (Å²) in [5, 5.41) is 1.24. The predicted molar refractivity (Wildman–Crippen MR) is 66.0 cm³/mol. The molecule has 1 aromatic rings. The monoisotopic (exact) mass is 225 g/mol. The van der Waals surface area contributed by atoms with Crippen LogP contribution in [0.3, 0.4) is 0 Å². The summed E-state index contributed by atoms with van der Waals surface area (Å²) < 4.78 is 10.6. The fourth-order valence-corrected chi connectivity index (χ4v) is 3.17. The van der Waals surface area contributed by atoms with Crippen LogP contribution in [-0.4, -0.2) is 29.4 Å². The first-order chi connectivity index (χ1) is 7.22. The second-order valence-corrected chi connectivity index (χ2v) is 5.74. The van der Waals surface area contributed by atoms with Crippen LogP contribution in [0, 0.1) is 0 Å². The SMILES string of the molecule is CCC(N)[SiH2]c1cccc(OC)c1OC. The zero-order valence-electron chi connectivity index (χ0n) is 9.62. The molecule has 0 aliphatic rings. The Labute approximate surface area is 93.4 Å². The summed E-state index contributed by atoms with van der Waals surface area (Å²) >= 11 is 0. The van der Waals surface area contributed by atoms with Crippen LogP contribution in [0.2, 0.25) is 0 Å².